The normalized spacial score (nSPS) is 18.2. The third kappa shape index (κ3) is 2.95. The third-order valence-corrected chi connectivity index (χ3v) is 4.99. The number of oxazole rings is 1. The van der Waals surface area contributed by atoms with Gasteiger partial charge in [0.05, 0.1) is 0 Å². The first-order chi connectivity index (χ1) is 13.3. The van der Waals surface area contributed by atoms with E-state index in [0.717, 1.165) is 47.5 Å². The lowest BCUT2D eigenvalue weighted by atomic mass is 10.1. The number of ether oxygens (including phenoxy) is 2. The highest BCUT2D eigenvalue weighted by Crippen LogP contribution is 2.32. The summed E-state index contributed by atoms with van der Waals surface area (Å²) < 4.78 is 16.6. The average Bonchev–Trinajstić information content (AvgIpc) is 3.43. The fourth-order valence-electron chi connectivity index (χ4n) is 3.61. The summed E-state index contributed by atoms with van der Waals surface area (Å²) in [5.74, 6) is 1.44. The number of carbonyl (C=O) groups is 1. The molecule has 0 aliphatic carbocycles. The number of rotatable bonds is 4. The maximum Gasteiger partial charge on any atom is 0.299 e. The van der Waals surface area contributed by atoms with Crippen LogP contribution in [0.25, 0.3) is 11.1 Å². The topological polar surface area (TPSA) is 76.8 Å². The summed E-state index contributed by atoms with van der Waals surface area (Å²) in [6.07, 6.45) is 1.71. The van der Waals surface area contributed by atoms with Crippen molar-refractivity contribution >= 4 is 23.0 Å². The lowest BCUT2D eigenvalue weighted by Crippen LogP contribution is -2.43. The number of anilines is 1. The molecule has 1 aromatic heterocycles. The van der Waals surface area contributed by atoms with Gasteiger partial charge in [-0.05, 0) is 42.7 Å². The molecule has 1 atom stereocenters. The Bertz CT molecular complexity index is 967. The minimum Gasteiger partial charge on any atom is -0.454 e. The molecule has 7 heteroatoms. The van der Waals surface area contributed by atoms with Gasteiger partial charge in [-0.25, -0.2) is 0 Å². The summed E-state index contributed by atoms with van der Waals surface area (Å²) in [5, 5.41) is 3.02. The summed E-state index contributed by atoms with van der Waals surface area (Å²) in [4.78, 5) is 19.3. The standard InChI is InChI=1S/C20H19N3O4/c24-19(21-11-13-7-8-17-18(10-13)26-12-25-17)15-5-3-9-23(15)20-22-14-4-1-2-6-16(14)27-20/h1-2,4,6-8,10,15H,3,5,9,11-12H2,(H,21,24). The molecule has 2 aliphatic rings. The molecule has 3 aromatic rings. The van der Waals surface area contributed by atoms with Crippen LogP contribution in [0.15, 0.2) is 46.9 Å². The molecule has 3 heterocycles. The van der Waals surface area contributed by atoms with E-state index in [1.165, 1.54) is 0 Å². The second kappa shape index (κ2) is 6.50. The highest BCUT2D eigenvalue weighted by atomic mass is 16.7. The molecule has 0 spiro atoms. The van der Waals surface area contributed by atoms with Gasteiger partial charge in [0, 0.05) is 13.1 Å². The number of aromatic nitrogens is 1. The van der Waals surface area contributed by atoms with Crippen molar-refractivity contribution < 1.29 is 18.7 Å². The number of carbonyl (C=O) groups excluding carboxylic acids is 1. The summed E-state index contributed by atoms with van der Waals surface area (Å²) in [5.41, 5.74) is 2.51. The van der Waals surface area contributed by atoms with Crippen molar-refractivity contribution in [2.45, 2.75) is 25.4 Å². The Morgan fingerprint density at radius 1 is 1.19 bits per heavy atom. The average molecular weight is 365 g/mol. The van der Waals surface area contributed by atoms with Gasteiger partial charge < -0.3 is 24.1 Å². The summed E-state index contributed by atoms with van der Waals surface area (Å²) in [7, 11) is 0. The van der Waals surface area contributed by atoms with Crippen molar-refractivity contribution in [1.29, 1.82) is 0 Å². The number of hydrogen-bond acceptors (Lipinski definition) is 6. The van der Waals surface area contributed by atoms with E-state index in [1.54, 1.807) is 0 Å². The molecule has 0 saturated carbocycles. The molecule has 1 N–H and O–H groups in total. The molecular formula is C20H19N3O4. The van der Waals surface area contributed by atoms with Gasteiger partial charge in [-0.15, -0.1) is 0 Å². The van der Waals surface area contributed by atoms with Gasteiger partial charge in [0.1, 0.15) is 11.6 Å². The van der Waals surface area contributed by atoms with Gasteiger partial charge in [-0.3, -0.25) is 4.79 Å². The predicted molar refractivity (Wildman–Crippen MR) is 98.8 cm³/mol. The molecule has 1 fully saturated rings. The Labute approximate surface area is 155 Å². The van der Waals surface area contributed by atoms with E-state index in [4.69, 9.17) is 13.9 Å². The Balaban J connectivity index is 1.29. The van der Waals surface area contributed by atoms with Crippen LogP contribution in [0.4, 0.5) is 6.01 Å². The molecule has 138 valence electrons. The van der Waals surface area contributed by atoms with Crippen molar-refractivity contribution in [2.75, 3.05) is 18.2 Å². The summed E-state index contributed by atoms with van der Waals surface area (Å²) in [6.45, 7) is 1.44. The molecule has 1 amide bonds. The maximum absolute atomic E-state index is 12.8. The monoisotopic (exact) mass is 365 g/mol. The van der Waals surface area contributed by atoms with Crippen LogP contribution in [0.5, 0.6) is 11.5 Å². The Kier molecular flexibility index (Phi) is 3.85. The van der Waals surface area contributed by atoms with Gasteiger partial charge in [-0.1, -0.05) is 18.2 Å². The zero-order valence-electron chi connectivity index (χ0n) is 14.7. The lowest BCUT2D eigenvalue weighted by molar-refractivity contribution is -0.122. The molecule has 5 rings (SSSR count). The Morgan fingerprint density at radius 3 is 3.00 bits per heavy atom. The van der Waals surface area contributed by atoms with Crippen LogP contribution >= 0.6 is 0 Å². The van der Waals surface area contributed by atoms with Crippen molar-refractivity contribution in [3.05, 3.63) is 48.0 Å². The second-order valence-electron chi connectivity index (χ2n) is 6.72. The SMILES string of the molecule is O=C(NCc1ccc2c(c1)OCO2)C1CCCN1c1nc2ccccc2o1. The van der Waals surface area contributed by atoms with Crippen molar-refractivity contribution in [2.24, 2.45) is 0 Å². The number of nitrogens with one attached hydrogen (secondary N) is 1. The fourth-order valence-corrected chi connectivity index (χ4v) is 3.61. The maximum atomic E-state index is 12.8. The van der Waals surface area contributed by atoms with E-state index in [1.807, 2.05) is 47.4 Å². The van der Waals surface area contributed by atoms with E-state index >= 15 is 0 Å². The number of fused-ring (bicyclic) bond motifs is 2. The van der Waals surface area contributed by atoms with Gasteiger partial charge >= 0.3 is 0 Å². The zero-order chi connectivity index (χ0) is 18.2. The molecule has 0 bridgehead atoms. The van der Waals surface area contributed by atoms with Crippen molar-refractivity contribution in [1.82, 2.24) is 10.3 Å². The van der Waals surface area contributed by atoms with Crippen LogP contribution in [0, 0.1) is 0 Å². The molecule has 27 heavy (non-hydrogen) atoms. The number of para-hydroxylation sites is 2. The van der Waals surface area contributed by atoms with Gasteiger partial charge in [-0.2, -0.15) is 4.98 Å². The molecule has 0 radical (unpaired) electrons. The smallest absolute Gasteiger partial charge is 0.299 e. The minimum atomic E-state index is -0.271. The van der Waals surface area contributed by atoms with Crippen LogP contribution in [0.2, 0.25) is 0 Å². The lowest BCUT2D eigenvalue weighted by Gasteiger charge is -2.22. The number of hydrogen-bond donors (Lipinski definition) is 1. The van der Waals surface area contributed by atoms with E-state index in [9.17, 15) is 4.79 Å². The van der Waals surface area contributed by atoms with E-state index in [2.05, 4.69) is 10.3 Å². The van der Waals surface area contributed by atoms with Crippen LogP contribution in [-0.4, -0.2) is 30.3 Å². The highest BCUT2D eigenvalue weighted by molar-refractivity contribution is 5.85. The Hall–Kier alpha value is -3.22. The van der Waals surface area contributed by atoms with Crippen LogP contribution in [-0.2, 0) is 11.3 Å². The van der Waals surface area contributed by atoms with Crippen molar-refractivity contribution in [3.63, 3.8) is 0 Å². The molecule has 1 saturated heterocycles. The zero-order valence-corrected chi connectivity index (χ0v) is 14.7. The first-order valence-corrected chi connectivity index (χ1v) is 9.06. The predicted octanol–water partition coefficient (Wildman–Crippen LogP) is 2.84. The first kappa shape index (κ1) is 16.0. The van der Waals surface area contributed by atoms with Gasteiger partial charge in [0.2, 0.25) is 12.7 Å². The summed E-state index contributed by atoms with van der Waals surface area (Å²) in [6, 6.07) is 13.6. The van der Waals surface area contributed by atoms with Gasteiger partial charge in [0.15, 0.2) is 17.1 Å². The van der Waals surface area contributed by atoms with Crippen LogP contribution < -0.4 is 19.7 Å². The van der Waals surface area contributed by atoms with Gasteiger partial charge in [0.25, 0.3) is 6.01 Å². The molecule has 2 aliphatic heterocycles. The highest BCUT2D eigenvalue weighted by Gasteiger charge is 2.33. The largest absolute Gasteiger partial charge is 0.454 e. The second-order valence-corrected chi connectivity index (χ2v) is 6.72. The van der Waals surface area contributed by atoms with E-state index in [0.29, 0.717) is 12.6 Å². The van der Waals surface area contributed by atoms with Crippen LogP contribution in [0.3, 0.4) is 0 Å². The molecule has 2 aromatic carbocycles. The molecule has 1 unspecified atom stereocenters. The summed E-state index contributed by atoms with van der Waals surface area (Å²) >= 11 is 0. The first-order valence-electron chi connectivity index (χ1n) is 9.06. The molecule has 7 nitrogen and oxygen atoms in total. The number of nitrogens with zero attached hydrogens (tertiary/aromatic N) is 2. The van der Waals surface area contributed by atoms with E-state index in [-0.39, 0.29) is 18.7 Å². The van der Waals surface area contributed by atoms with Crippen molar-refractivity contribution in [3.8, 4) is 11.5 Å². The Morgan fingerprint density at radius 2 is 2.07 bits per heavy atom. The fraction of sp³-hybridized carbons (Fsp3) is 0.300. The number of amides is 1. The number of benzene rings is 2. The van der Waals surface area contributed by atoms with Crippen LogP contribution in [0.1, 0.15) is 18.4 Å². The third-order valence-electron chi connectivity index (χ3n) is 4.99. The van der Waals surface area contributed by atoms with E-state index < -0.39 is 0 Å². The minimum absolute atomic E-state index is 0.0209. The quantitative estimate of drug-likeness (QED) is 0.766. The molecular weight excluding hydrogens is 346 g/mol.